The Morgan fingerprint density at radius 1 is 1.33 bits per heavy atom. The van der Waals surface area contributed by atoms with E-state index in [4.69, 9.17) is 16.6 Å². The summed E-state index contributed by atoms with van der Waals surface area (Å²) in [6.07, 6.45) is 2.99. The molecular formula is C15H17ClN4O. The first kappa shape index (κ1) is 13.1. The minimum atomic E-state index is -0.191. The molecule has 1 unspecified atom stereocenters. The number of imidazole rings is 1. The highest BCUT2D eigenvalue weighted by molar-refractivity contribution is 6.31. The van der Waals surface area contributed by atoms with E-state index in [0.29, 0.717) is 24.0 Å². The van der Waals surface area contributed by atoms with Gasteiger partial charge in [-0.15, -0.1) is 0 Å². The van der Waals surface area contributed by atoms with Crippen molar-refractivity contribution in [3.63, 3.8) is 0 Å². The number of carbonyl (C=O) groups is 1. The predicted octanol–water partition coefficient (Wildman–Crippen LogP) is 1.66. The highest BCUT2D eigenvalue weighted by Crippen LogP contribution is 2.39. The monoisotopic (exact) mass is 304 g/mol. The SMILES string of the molecule is O=C1NCCNC1Cc1nc2cc(Cl)ccc2n1C1CC1. The van der Waals surface area contributed by atoms with Crippen LogP contribution < -0.4 is 10.6 Å². The molecule has 110 valence electrons. The second-order valence-electron chi connectivity index (χ2n) is 5.76. The lowest BCUT2D eigenvalue weighted by atomic mass is 10.1. The van der Waals surface area contributed by atoms with Crippen LogP contribution in [0, 0.1) is 0 Å². The Kier molecular flexibility index (Phi) is 3.12. The van der Waals surface area contributed by atoms with Gasteiger partial charge in [0, 0.05) is 30.6 Å². The van der Waals surface area contributed by atoms with Crippen LogP contribution in [0.25, 0.3) is 11.0 Å². The van der Waals surface area contributed by atoms with Crippen LogP contribution >= 0.6 is 11.6 Å². The van der Waals surface area contributed by atoms with E-state index in [1.807, 2.05) is 18.2 Å². The van der Waals surface area contributed by atoms with E-state index >= 15 is 0 Å². The second kappa shape index (κ2) is 5.00. The summed E-state index contributed by atoms with van der Waals surface area (Å²) < 4.78 is 2.29. The molecule has 2 heterocycles. The normalized spacial score (nSPS) is 22.5. The average Bonchev–Trinajstić information content (AvgIpc) is 3.23. The van der Waals surface area contributed by atoms with Crippen molar-refractivity contribution in [1.82, 2.24) is 20.2 Å². The Hall–Kier alpha value is -1.59. The summed E-state index contributed by atoms with van der Waals surface area (Å²) in [4.78, 5) is 16.7. The fourth-order valence-corrected chi connectivity index (χ4v) is 3.17. The topological polar surface area (TPSA) is 59.0 Å². The van der Waals surface area contributed by atoms with Crippen LogP contribution in [0.15, 0.2) is 18.2 Å². The number of hydrogen-bond acceptors (Lipinski definition) is 3. The van der Waals surface area contributed by atoms with Gasteiger partial charge >= 0.3 is 0 Å². The van der Waals surface area contributed by atoms with Crippen LogP contribution in [-0.4, -0.2) is 34.6 Å². The molecule has 6 heteroatoms. The highest BCUT2D eigenvalue weighted by atomic mass is 35.5. The van der Waals surface area contributed by atoms with Crippen LogP contribution in [0.2, 0.25) is 5.02 Å². The maximum absolute atomic E-state index is 11.9. The third kappa shape index (κ3) is 2.40. The summed E-state index contributed by atoms with van der Waals surface area (Å²) in [5.41, 5.74) is 2.04. The smallest absolute Gasteiger partial charge is 0.237 e. The first-order valence-corrected chi connectivity index (χ1v) is 7.77. The molecular weight excluding hydrogens is 288 g/mol. The zero-order chi connectivity index (χ0) is 14.4. The number of carbonyl (C=O) groups excluding carboxylic acids is 1. The zero-order valence-corrected chi connectivity index (χ0v) is 12.4. The molecule has 0 spiro atoms. The predicted molar refractivity (Wildman–Crippen MR) is 81.5 cm³/mol. The van der Waals surface area contributed by atoms with E-state index < -0.39 is 0 Å². The van der Waals surface area contributed by atoms with Gasteiger partial charge in [-0.25, -0.2) is 4.98 Å². The van der Waals surface area contributed by atoms with Crippen molar-refractivity contribution in [2.45, 2.75) is 31.3 Å². The Labute approximate surface area is 127 Å². The molecule has 1 aliphatic carbocycles. The van der Waals surface area contributed by atoms with E-state index in [2.05, 4.69) is 15.2 Å². The van der Waals surface area contributed by atoms with Gasteiger partial charge in [0.2, 0.25) is 5.91 Å². The van der Waals surface area contributed by atoms with Crippen molar-refractivity contribution in [2.24, 2.45) is 0 Å². The molecule has 1 amide bonds. The average molecular weight is 305 g/mol. The molecule has 0 bridgehead atoms. The number of fused-ring (bicyclic) bond motifs is 1. The summed E-state index contributed by atoms with van der Waals surface area (Å²) in [7, 11) is 0. The number of aromatic nitrogens is 2. The Morgan fingerprint density at radius 2 is 2.19 bits per heavy atom. The van der Waals surface area contributed by atoms with Gasteiger partial charge in [-0.05, 0) is 31.0 Å². The summed E-state index contributed by atoms with van der Waals surface area (Å²) in [5.74, 6) is 1.04. The molecule has 2 aliphatic rings. The number of benzene rings is 1. The summed E-state index contributed by atoms with van der Waals surface area (Å²) >= 11 is 6.06. The Balaban J connectivity index is 1.73. The summed E-state index contributed by atoms with van der Waals surface area (Å²) in [5, 5.41) is 6.87. The van der Waals surface area contributed by atoms with Gasteiger partial charge in [0.15, 0.2) is 0 Å². The highest BCUT2D eigenvalue weighted by Gasteiger charge is 2.31. The summed E-state index contributed by atoms with van der Waals surface area (Å²) in [6.45, 7) is 1.51. The van der Waals surface area contributed by atoms with Gasteiger partial charge in [-0.1, -0.05) is 11.6 Å². The first-order chi connectivity index (χ1) is 10.2. The van der Waals surface area contributed by atoms with Crippen molar-refractivity contribution >= 4 is 28.5 Å². The molecule has 21 heavy (non-hydrogen) atoms. The van der Waals surface area contributed by atoms with Crippen molar-refractivity contribution in [3.8, 4) is 0 Å². The van der Waals surface area contributed by atoms with E-state index in [1.54, 1.807) is 0 Å². The number of rotatable bonds is 3. The lowest BCUT2D eigenvalue weighted by Crippen LogP contribution is -2.54. The van der Waals surface area contributed by atoms with E-state index in [0.717, 1.165) is 23.4 Å². The number of amides is 1. The fourth-order valence-electron chi connectivity index (χ4n) is 3.00. The molecule has 1 saturated heterocycles. The van der Waals surface area contributed by atoms with Crippen LogP contribution in [0.3, 0.4) is 0 Å². The maximum Gasteiger partial charge on any atom is 0.237 e. The molecule has 5 nitrogen and oxygen atoms in total. The standard InChI is InChI=1S/C15H17ClN4O/c16-9-1-4-13-11(7-9)19-14(20(13)10-2-3-10)8-12-15(21)18-6-5-17-12/h1,4,7,10,12,17H,2-3,5-6,8H2,(H,18,21). The Bertz CT molecular complexity index is 707. The number of piperazine rings is 1. The third-order valence-electron chi connectivity index (χ3n) is 4.15. The van der Waals surface area contributed by atoms with Crippen LogP contribution in [0.1, 0.15) is 24.7 Å². The second-order valence-corrected chi connectivity index (χ2v) is 6.20. The van der Waals surface area contributed by atoms with Gasteiger partial charge in [0.1, 0.15) is 5.82 Å². The molecule has 0 radical (unpaired) electrons. The van der Waals surface area contributed by atoms with Crippen molar-refractivity contribution in [3.05, 3.63) is 29.0 Å². The summed E-state index contributed by atoms with van der Waals surface area (Å²) in [6, 6.07) is 6.16. The number of halogens is 1. The zero-order valence-electron chi connectivity index (χ0n) is 11.6. The first-order valence-electron chi connectivity index (χ1n) is 7.40. The lowest BCUT2D eigenvalue weighted by molar-refractivity contribution is -0.124. The minimum absolute atomic E-state index is 0.0636. The number of nitrogens with one attached hydrogen (secondary N) is 2. The van der Waals surface area contributed by atoms with E-state index in [1.165, 1.54) is 12.8 Å². The molecule has 1 atom stereocenters. The third-order valence-corrected chi connectivity index (χ3v) is 4.39. The molecule has 1 aromatic heterocycles. The van der Waals surface area contributed by atoms with Gasteiger partial charge in [0.05, 0.1) is 17.1 Å². The van der Waals surface area contributed by atoms with Gasteiger partial charge in [-0.2, -0.15) is 0 Å². The van der Waals surface area contributed by atoms with Gasteiger partial charge in [0.25, 0.3) is 0 Å². The van der Waals surface area contributed by atoms with Crippen LogP contribution in [0.5, 0.6) is 0 Å². The maximum atomic E-state index is 11.9. The molecule has 2 fully saturated rings. The minimum Gasteiger partial charge on any atom is -0.353 e. The quantitative estimate of drug-likeness (QED) is 0.906. The fraction of sp³-hybridized carbons (Fsp3) is 0.467. The van der Waals surface area contributed by atoms with Gasteiger partial charge in [-0.3, -0.25) is 4.79 Å². The van der Waals surface area contributed by atoms with E-state index in [-0.39, 0.29) is 11.9 Å². The molecule has 1 aromatic carbocycles. The Morgan fingerprint density at radius 3 is 2.95 bits per heavy atom. The van der Waals surface area contributed by atoms with Crippen molar-refractivity contribution in [2.75, 3.05) is 13.1 Å². The van der Waals surface area contributed by atoms with Crippen molar-refractivity contribution < 1.29 is 4.79 Å². The number of nitrogens with zero attached hydrogens (tertiary/aromatic N) is 2. The number of hydrogen-bond donors (Lipinski definition) is 2. The van der Waals surface area contributed by atoms with Gasteiger partial charge < -0.3 is 15.2 Å². The lowest BCUT2D eigenvalue weighted by Gasteiger charge is -2.23. The van der Waals surface area contributed by atoms with Crippen molar-refractivity contribution in [1.29, 1.82) is 0 Å². The van der Waals surface area contributed by atoms with Crippen LogP contribution in [-0.2, 0) is 11.2 Å². The van der Waals surface area contributed by atoms with Crippen LogP contribution in [0.4, 0.5) is 0 Å². The molecule has 4 rings (SSSR count). The molecule has 2 aromatic rings. The molecule has 2 N–H and O–H groups in total. The van der Waals surface area contributed by atoms with E-state index in [9.17, 15) is 4.79 Å². The molecule has 1 aliphatic heterocycles. The largest absolute Gasteiger partial charge is 0.353 e. The molecule has 1 saturated carbocycles.